The van der Waals surface area contributed by atoms with E-state index in [0.29, 0.717) is 18.3 Å². The van der Waals surface area contributed by atoms with Crippen LogP contribution in [0.1, 0.15) is 35.7 Å². The van der Waals surface area contributed by atoms with Gasteiger partial charge in [0.1, 0.15) is 6.54 Å². The summed E-state index contributed by atoms with van der Waals surface area (Å²) in [6.45, 7) is 5.68. The minimum absolute atomic E-state index is 0. The summed E-state index contributed by atoms with van der Waals surface area (Å²) >= 11 is 0. The molecule has 2 N–H and O–H groups in total. The van der Waals surface area contributed by atoms with Crippen molar-refractivity contribution in [1.82, 2.24) is 20.8 Å². The zero-order chi connectivity index (χ0) is 18.9. The van der Waals surface area contributed by atoms with E-state index in [1.807, 2.05) is 19.1 Å². The molecule has 0 fully saturated rings. The zero-order valence-electron chi connectivity index (χ0n) is 16.1. The highest BCUT2D eigenvalue weighted by atomic mass is 127. The van der Waals surface area contributed by atoms with Crippen molar-refractivity contribution in [2.45, 2.75) is 26.3 Å². The molecule has 0 atom stereocenters. The number of hydrogen-bond donors (Lipinski definition) is 2. The number of guanidine groups is 1. The van der Waals surface area contributed by atoms with Gasteiger partial charge >= 0.3 is 0 Å². The topological polar surface area (TPSA) is 75.3 Å². The van der Waals surface area contributed by atoms with Gasteiger partial charge < -0.3 is 15.2 Å². The Morgan fingerprint density at radius 1 is 1.00 bits per heavy atom. The summed E-state index contributed by atoms with van der Waals surface area (Å²) in [6, 6.07) is 21.0. The van der Waals surface area contributed by atoms with E-state index in [1.54, 1.807) is 6.92 Å². The van der Waals surface area contributed by atoms with Crippen molar-refractivity contribution >= 4 is 29.9 Å². The molecule has 0 saturated heterocycles. The maximum atomic E-state index is 5.13. The fourth-order valence-electron chi connectivity index (χ4n) is 2.89. The Hall–Kier alpha value is -2.42. The summed E-state index contributed by atoms with van der Waals surface area (Å²) in [5.41, 5.74) is 2.53. The third-order valence-corrected chi connectivity index (χ3v) is 4.16. The summed E-state index contributed by atoms with van der Waals surface area (Å²) in [7, 11) is 0. The maximum Gasteiger partial charge on any atom is 0.248 e. The number of nitrogens with one attached hydrogen (secondary N) is 2. The van der Waals surface area contributed by atoms with E-state index in [-0.39, 0.29) is 29.9 Å². The number of aromatic nitrogens is 2. The third kappa shape index (κ3) is 6.33. The molecule has 0 unspecified atom stereocenters. The van der Waals surface area contributed by atoms with Crippen molar-refractivity contribution < 1.29 is 4.52 Å². The lowest BCUT2D eigenvalue weighted by Gasteiger charge is -2.20. The number of hydrogen-bond acceptors (Lipinski definition) is 4. The molecule has 1 aromatic heterocycles. The van der Waals surface area contributed by atoms with Gasteiger partial charge in [-0.15, -0.1) is 24.0 Å². The van der Waals surface area contributed by atoms with Crippen LogP contribution in [-0.4, -0.2) is 29.2 Å². The number of benzene rings is 2. The van der Waals surface area contributed by atoms with Crippen molar-refractivity contribution in [2.75, 3.05) is 13.1 Å². The van der Waals surface area contributed by atoms with Crippen molar-refractivity contribution in [3.63, 3.8) is 0 Å². The first-order chi connectivity index (χ1) is 13.3. The van der Waals surface area contributed by atoms with E-state index in [2.05, 4.69) is 74.3 Å². The van der Waals surface area contributed by atoms with Crippen LogP contribution < -0.4 is 10.6 Å². The molecule has 148 valence electrons. The molecule has 3 aromatic rings. The number of rotatable bonds is 7. The Morgan fingerprint density at radius 3 is 2.11 bits per heavy atom. The molecule has 2 aromatic carbocycles. The molecule has 0 aliphatic carbocycles. The van der Waals surface area contributed by atoms with Crippen LogP contribution in [-0.2, 0) is 6.54 Å². The highest BCUT2D eigenvalue weighted by molar-refractivity contribution is 14.0. The van der Waals surface area contributed by atoms with E-state index in [9.17, 15) is 0 Å². The van der Waals surface area contributed by atoms with Gasteiger partial charge in [-0.25, -0.2) is 4.99 Å². The lowest BCUT2D eigenvalue weighted by atomic mass is 9.91. The average Bonchev–Trinajstić information content (AvgIpc) is 3.13. The monoisotopic (exact) mass is 491 g/mol. The second-order valence-electron chi connectivity index (χ2n) is 6.19. The molecule has 0 aliphatic heterocycles. The van der Waals surface area contributed by atoms with Crippen LogP contribution in [0.25, 0.3) is 0 Å². The molecule has 0 radical (unpaired) electrons. The average molecular weight is 491 g/mol. The molecule has 0 saturated carbocycles. The van der Waals surface area contributed by atoms with E-state index in [4.69, 9.17) is 4.52 Å². The predicted molar refractivity (Wildman–Crippen MR) is 122 cm³/mol. The van der Waals surface area contributed by atoms with Crippen molar-refractivity contribution in [3.05, 3.63) is 83.5 Å². The molecule has 0 spiro atoms. The predicted octanol–water partition coefficient (Wildman–Crippen LogP) is 3.88. The van der Waals surface area contributed by atoms with Gasteiger partial charge in [-0.2, -0.15) is 4.98 Å². The summed E-state index contributed by atoms with van der Waals surface area (Å²) in [5.74, 6) is 2.07. The summed E-state index contributed by atoms with van der Waals surface area (Å²) in [6.07, 6.45) is 0. The van der Waals surface area contributed by atoms with Crippen LogP contribution in [0.15, 0.2) is 70.2 Å². The van der Waals surface area contributed by atoms with Gasteiger partial charge in [0.05, 0.1) is 0 Å². The number of aliphatic imine (C=N–C) groups is 1. The van der Waals surface area contributed by atoms with Crippen molar-refractivity contribution in [3.8, 4) is 0 Å². The first-order valence-electron chi connectivity index (χ1n) is 9.17. The van der Waals surface area contributed by atoms with Crippen molar-refractivity contribution in [1.29, 1.82) is 0 Å². The van der Waals surface area contributed by atoms with Gasteiger partial charge in [-0.3, -0.25) is 0 Å². The SMILES string of the molecule is CCNC(=NCc1nc(C)no1)NCC(c1ccccc1)c1ccccc1.I. The Balaban J connectivity index is 0.00000280. The third-order valence-electron chi connectivity index (χ3n) is 4.16. The van der Waals surface area contributed by atoms with E-state index in [1.165, 1.54) is 11.1 Å². The van der Waals surface area contributed by atoms with Crippen molar-refractivity contribution in [2.24, 2.45) is 4.99 Å². The van der Waals surface area contributed by atoms with Gasteiger partial charge in [0, 0.05) is 19.0 Å². The van der Waals surface area contributed by atoms with Crippen LogP contribution in [0, 0.1) is 6.92 Å². The highest BCUT2D eigenvalue weighted by Gasteiger charge is 2.14. The molecule has 7 heteroatoms. The molecule has 0 aliphatic rings. The lowest BCUT2D eigenvalue weighted by Crippen LogP contribution is -2.39. The number of halogens is 1. The summed E-state index contributed by atoms with van der Waals surface area (Å²) in [5, 5.41) is 10.5. The van der Waals surface area contributed by atoms with Gasteiger partial charge in [0.2, 0.25) is 5.89 Å². The minimum atomic E-state index is 0. The second kappa shape index (κ2) is 11.4. The van der Waals surface area contributed by atoms with Gasteiger partial charge in [-0.05, 0) is 25.0 Å². The van der Waals surface area contributed by atoms with Crippen LogP contribution in [0.4, 0.5) is 0 Å². The first kappa shape index (κ1) is 21.9. The minimum Gasteiger partial charge on any atom is -0.357 e. The van der Waals surface area contributed by atoms with Gasteiger partial charge in [0.25, 0.3) is 0 Å². The largest absolute Gasteiger partial charge is 0.357 e. The Labute approximate surface area is 182 Å². The van der Waals surface area contributed by atoms with E-state index < -0.39 is 0 Å². The quantitative estimate of drug-likeness (QED) is 0.298. The van der Waals surface area contributed by atoms with Crippen LogP contribution in [0.2, 0.25) is 0 Å². The lowest BCUT2D eigenvalue weighted by molar-refractivity contribution is 0.376. The van der Waals surface area contributed by atoms with Crippen LogP contribution >= 0.6 is 24.0 Å². The number of aryl methyl sites for hydroxylation is 1. The van der Waals surface area contributed by atoms with E-state index >= 15 is 0 Å². The van der Waals surface area contributed by atoms with Crippen LogP contribution in [0.5, 0.6) is 0 Å². The summed E-state index contributed by atoms with van der Waals surface area (Å²) in [4.78, 5) is 8.75. The fraction of sp³-hybridized carbons (Fsp3) is 0.286. The highest BCUT2D eigenvalue weighted by Crippen LogP contribution is 2.23. The summed E-state index contributed by atoms with van der Waals surface area (Å²) < 4.78 is 5.13. The Bertz CT molecular complexity index is 812. The Kier molecular flexibility index (Phi) is 8.93. The first-order valence-corrected chi connectivity index (χ1v) is 9.17. The molecular formula is C21H26IN5O. The molecule has 6 nitrogen and oxygen atoms in total. The van der Waals surface area contributed by atoms with Crippen LogP contribution in [0.3, 0.4) is 0 Å². The molecule has 1 heterocycles. The van der Waals surface area contributed by atoms with Gasteiger partial charge in [-0.1, -0.05) is 65.8 Å². The van der Waals surface area contributed by atoms with Gasteiger partial charge in [0.15, 0.2) is 11.8 Å². The number of nitrogens with zero attached hydrogens (tertiary/aromatic N) is 3. The Morgan fingerprint density at radius 2 is 1.61 bits per heavy atom. The maximum absolute atomic E-state index is 5.13. The second-order valence-corrected chi connectivity index (χ2v) is 6.19. The molecule has 3 rings (SSSR count). The normalized spacial score (nSPS) is 11.2. The van der Waals surface area contributed by atoms with E-state index in [0.717, 1.165) is 19.0 Å². The molecule has 28 heavy (non-hydrogen) atoms. The smallest absolute Gasteiger partial charge is 0.248 e. The standard InChI is InChI=1S/C21H25N5O.HI/c1-3-22-21(24-15-20-25-16(2)26-27-20)23-14-19(17-10-6-4-7-11-17)18-12-8-5-9-13-18;/h4-13,19H,3,14-15H2,1-2H3,(H2,22,23,24);1H. The zero-order valence-corrected chi connectivity index (χ0v) is 18.5. The molecule has 0 amide bonds. The fourth-order valence-corrected chi connectivity index (χ4v) is 2.89. The molecule has 0 bridgehead atoms. The molecular weight excluding hydrogens is 465 g/mol.